The standard InChI is InChI=1S/C15H23BrN2O2S/c1-15(2,3)14(20)17-7-5-6-13(19)18(4)9-12-8-11(16)10-21-12/h8,10H,5-7,9H2,1-4H3,(H,17,20). The number of nitrogens with zero attached hydrogens (tertiary/aromatic N) is 1. The Morgan fingerprint density at radius 3 is 2.57 bits per heavy atom. The quantitative estimate of drug-likeness (QED) is 0.775. The molecule has 1 N–H and O–H groups in total. The molecule has 0 saturated heterocycles. The molecule has 0 atom stereocenters. The summed E-state index contributed by atoms with van der Waals surface area (Å²) in [5, 5.41) is 4.87. The van der Waals surface area contributed by atoms with Gasteiger partial charge in [-0.25, -0.2) is 0 Å². The van der Waals surface area contributed by atoms with E-state index in [-0.39, 0.29) is 17.2 Å². The molecule has 0 aliphatic rings. The van der Waals surface area contributed by atoms with Gasteiger partial charge in [0, 0.05) is 40.2 Å². The lowest BCUT2D eigenvalue weighted by atomic mass is 9.96. The fourth-order valence-electron chi connectivity index (χ4n) is 1.66. The first kappa shape index (κ1) is 18.2. The Balaban J connectivity index is 2.26. The molecule has 0 spiro atoms. The zero-order chi connectivity index (χ0) is 16.0. The maximum atomic E-state index is 12.0. The predicted octanol–water partition coefficient (Wildman–Crippen LogP) is 3.41. The Bertz CT molecular complexity index is 494. The lowest BCUT2D eigenvalue weighted by molar-refractivity contribution is -0.131. The largest absolute Gasteiger partial charge is 0.356 e. The van der Waals surface area contributed by atoms with Gasteiger partial charge in [-0.2, -0.15) is 0 Å². The van der Waals surface area contributed by atoms with Gasteiger partial charge in [0.15, 0.2) is 0 Å². The van der Waals surface area contributed by atoms with Crippen LogP contribution in [0.2, 0.25) is 0 Å². The molecule has 0 aliphatic carbocycles. The van der Waals surface area contributed by atoms with Gasteiger partial charge in [0.05, 0.1) is 6.54 Å². The molecule has 1 heterocycles. The van der Waals surface area contributed by atoms with Crippen molar-refractivity contribution in [2.45, 2.75) is 40.2 Å². The smallest absolute Gasteiger partial charge is 0.225 e. The number of nitrogens with one attached hydrogen (secondary N) is 1. The molecule has 21 heavy (non-hydrogen) atoms. The topological polar surface area (TPSA) is 49.4 Å². The Morgan fingerprint density at radius 2 is 2.05 bits per heavy atom. The summed E-state index contributed by atoms with van der Waals surface area (Å²) in [6, 6.07) is 2.03. The first-order chi connectivity index (χ1) is 9.70. The molecule has 0 aromatic carbocycles. The van der Waals surface area contributed by atoms with Crippen LogP contribution in [0, 0.1) is 5.41 Å². The van der Waals surface area contributed by atoms with Gasteiger partial charge in [0.2, 0.25) is 11.8 Å². The second kappa shape index (κ2) is 7.94. The molecule has 0 radical (unpaired) electrons. The second-order valence-corrected chi connectivity index (χ2v) is 8.00. The molecule has 0 aliphatic heterocycles. The fraction of sp³-hybridized carbons (Fsp3) is 0.600. The first-order valence-electron chi connectivity index (χ1n) is 6.95. The van der Waals surface area contributed by atoms with Crippen LogP contribution in [0.4, 0.5) is 0 Å². The summed E-state index contributed by atoms with van der Waals surface area (Å²) in [5.41, 5.74) is -0.382. The van der Waals surface area contributed by atoms with Crippen LogP contribution in [0.25, 0.3) is 0 Å². The lowest BCUT2D eigenvalue weighted by Crippen LogP contribution is -2.35. The number of carbonyl (C=O) groups is 2. The van der Waals surface area contributed by atoms with Crippen LogP contribution in [0.15, 0.2) is 15.9 Å². The van der Waals surface area contributed by atoms with Gasteiger partial charge in [0.1, 0.15) is 0 Å². The van der Waals surface area contributed by atoms with Crippen LogP contribution < -0.4 is 5.32 Å². The van der Waals surface area contributed by atoms with E-state index in [0.29, 0.717) is 25.9 Å². The molecule has 0 unspecified atom stereocenters. The van der Waals surface area contributed by atoms with Crippen LogP contribution >= 0.6 is 27.3 Å². The highest BCUT2D eigenvalue weighted by Crippen LogP contribution is 2.21. The monoisotopic (exact) mass is 374 g/mol. The number of carbonyl (C=O) groups excluding carboxylic acids is 2. The summed E-state index contributed by atoms with van der Waals surface area (Å²) in [4.78, 5) is 26.6. The van der Waals surface area contributed by atoms with Crippen molar-refractivity contribution in [3.8, 4) is 0 Å². The van der Waals surface area contributed by atoms with E-state index in [4.69, 9.17) is 0 Å². The van der Waals surface area contributed by atoms with Crippen molar-refractivity contribution < 1.29 is 9.59 Å². The minimum Gasteiger partial charge on any atom is -0.356 e. The van der Waals surface area contributed by atoms with Crippen molar-refractivity contribution >= 4 is 39.1 Å². The van der Waals surface area contributed by atoms with Crippen LogP contribution in [0.1, 0.15) is 38.5 Å². The van der Waals surface area contributed by atoms with E-state index in [0.717, 1.165) is 9.35 Å². The van der Waals surface area contributed by atoms with Gasteiger partial charge in [-0.15, -0.1) is 11.3 Å². The summed E-state index contributed by atoms with van der Waals surface area (Å²) in [6.45, 7) is 6.80. The zero-order valence-corrected chi connectivity index (χ0v) is 15.4. The van der Waals surface area contributed by atoms with E-state index in [1.165, 1.54) is 0 Å². The minimum absolute atomic E-state index is 0.0201. The number of amides is 2. The van der Waals surface area contributed by atoms with Gasteiger partial charge < -0.3 is 10.2 Å². The molecule has 118 valence electrons. The van der Waals surface area contributed by atoms with Crippen molar-refractivity contribution in [2.24, 2.45) is 5.41 Å². The molecular formula is C15H23BrN2O2S. The molecule has 0 saturated carbocycles. The van der Waals surface area contributed by atoms with E-state index < -0.39 is 0 Å². The van der Waals surface area contributed by atoms with Gasteiger partial charge in [-0.05, 0) is 28.4 Å². The highest BCUT2D eigenvalue weighted by atomic mass is 79.9. The molecule has 0 fully saturated rings. The maximum Gasteiger partial charge on any atom is 0.225 e. The molecule has 4 nitrogen and oxygen atoms in total. The molecule has 2 amide bonds. The third kappa shape index (κ3) is 6.61. The van der Waals surface area contributed by atoms with Crippen LogP contribution in [-0.4, -0.2) is 30.3 Å². The van der Waals surface area contributed by atoms with E-state index >= 15 is 0 Å². The maximum absolute atomic E-state index is 12.0. The molecule has 1 aromatic rings. The highest BCUT2D eigenvalue weighted by molar-refractivity contribution is 9.10. The Labute approximate surface area is 139 Å². The summed E-state index contributed by atoms with van der Waals surface area (Å²) in [6.07, 6.45) is 1.12. The van der Waals surface area contributed by atoms with E-state index in [1.807, 2.05) is 39.3 Å². The Kier molecular flexibility index (Phi) is 6.87. The SMILES string of the molecule is CN(Cc1cc(Br)cs1)C(=O)CCCNC(=O)C(C)(C)C. The Hall–Kier alpha value is -0.880. The zero-order valence-electron chi connectivity index (χ0n) is 13.0. The van der Waals surface area contributed by atoms with Crippen LogP contribution in [0.5, 0.6) is 0 Å². The third-order valence-corrected chi connectivity index (χ3v) is 4.66. The van der Waals surface area contributed by atoms with Crippen molar-refractivity contribution in [2.75, 3.05) is 13.6 Å². The van der Waals surface area contributed by atoms with Crippen molar-refractivity contribution in [3.05, 3.63) is 20.8 Å². The van der Waals surface area contributed by atoms with Gasteiger partial charge in [-0.1, -0.05) is 20.8 Å². The van der Waals surface area contributed by atoms with Crippen LogP contribution in [-0.2, 0) is 16.1 Å². The predicted molar refractivity (Wildman–Crippen MR) is 90.2 cm³/mol. The summed E-state index contributed by atoms with van der Waals surface area (Å²) >= 11 is 5.04. The second-order valence-electron chi connectivity index (χ2n) is 6.09. The molecule has 1 rings (SSSR count). The van der Waals surface area contributed by atoms with Crippen molar-refractivity contribution in [1.82, 2.24) is 10.2 Å². The summed E-state index contributed by atoms with van der Waals surface area (Å²) in [7, 11) is 1.81. The molecule has 0 bridgehead atoms. The van der Waals surface area contributed by atoms with E-state index in [9.17, 15) is 9.59 Å². The average Bonchev–Trinajstić information content (AvgIpc) is 2.78. The van der Waals surface area contributed by atoms with Crippen LogP contribution in [0.3, 0.4) is 0 Å². The molecular weight excluding hydrogens is 352 g/mol. The average molecular weight is 375 g/mol. The van der Waals surface area contributed by atoms with Gasteiger partial charge in [0.25, 0.3) is 0 Å². The number of rotatable bonds is 6. The van der Waals surface area contributed by atoms with Crippen molar-refractivity contribution in [3.63, 3.8) is 0 Å². The number of halogens is 1. The van der Waals surface area contributed by atoms with Gasteiger partial charge >= 0.3 is 0 Å². The van der Waals surface area contributed by atoms with Crippen molar-refractivity contribution in [1.29, 1.82) is 0 Å². The molecule has 6 heteroatoms. The highest BCUT2D eigenvalue weighted by Gasteiger charge is 2.20. The van der Waals surface area contributed by atoms with Gasteiger partial charge in [-0.3, -0.25) is 9.59 Å². The lowest BCUT2D eigenvalue weighted by Gasteiger charge is -2.18. The number of hydrogen-bond acceptors (Lipinski definition) is 3. The fourth-order valence-corrected chi connectivity index (χ4v) is 3.16. The normalized spacial score (nSPS) is 11.3. The van der Waals surface area contributed by atoms with E-state index in [1.54, 1.807) is 16.2 Å². The summed E-state index contributed by atoms with van der Waals surface area (Å²) in [5.74, 6) is 0.122. The third-order valence-electron chi connectivity index (χ3n) is 2.97. The number of hydrogen-bond donors (Lipinski definition) is 1. The number of thiophene rings is 1. The minimum atomic E-state index is -0.382. The first-order valence-corrected chi connectivity index (χ1v) is 8.62. The summed E-state index contributed by atoms with van der Waals surface area (Å²) < 4.78 is 1.05. The van der Waals surface area contributed by atoms with E-state index in [2.05, 4.69) is 21.2 Å². The Morgan fingerprint density at radius 1 is 1.38 bits per heavy atom. The molecule has 1 aromatic heterocycles.